The van der Waals surface area contributed by atoms with E-state index in [4.69, 9.17) is 21.4 Å². The fourth-order valence-electron chi connectivity index (χ4n) is 4.01. The molecule has 1 aliphatic carbocycles. The van der Waals surface area contributed by atoms with E-state index in [2.05, 4.69) is 6.92 Å². The van der Waals surface area contributed by atoms with E-state index in [0.717, 1.165) is 44.1 Å². The number of thioether (sulfide) groups is 1. The highest BCUT2D eigenvalue weighted by Gasteiger charge is 2.37. The number of unbranched alkanes of at least 4 members (excludes halogenated alkanes) is 1. The number of rotatable bonds is 7. The van der Waals surface area contributed by atoms with Crippen molar-refractivity contribution in [3.8, 4) is 11.3 Å². The van der Waals surface area contributed by atoms with Gasteiger partial charge in [0.15, 0.2) is 0 Å². The Balaban J connectivity index is 1.43. The second kappa shape index (κ2) is 10.5. The van der Waals surface area contributed by atoms with Crippen LogP contribution in [0.3, 0.4) is 0 Å². The molecule has 7 heteroatoms. The van der Waals surface area contributed by atoms with E-state index in [1.165, 1.54) is 18.2 Å². The Bertz CT molecular complexity index is 1020. The highest BCUT2D eigenvalue weighted by molar-refractivity contribution is 8.26. The lowest BCUT2D eigenvalue weighted by atomic mass is 9.94. The number of carbonyl (C=O) groups excluding carboxylic acids is 2. The van der Waals surface area contributed by atoms with Crippen LogP contribution in [0.15, 0.2) is 45.7 Å². The standard InChI is InChI=1S/C25H27NO4S2/c1-2-3-15-29-24(28)18-11-9-17(10-12-18)21-14-13-20(30-21)16-22-23(27)26(25(31)32-22)19-7-5-4-6-8-19/h9-14,16,19H,2-8,15H2,1H3/b22-16+. The molecule has 1 aromatic heterocycles. The molecule has 168 valence electrons. The number of furan rings is 1. The van der Waals surface area contributed by atoms with Crippen molar-refractivity contribution >= 4 is 46.3 Å². The van der Waals surface area contributed by atoms with Gasteiger partial charge in [-0.25, -0.2) is 4.79 Å². The summed E-state index contributed by atoms with van der Waals surface area (Å²) in [5.41, 5.74) is 1.37. The van der Waals surface area contributed by atoms with Gasteiger partial charge in [-0.05, 0) is 43.5 Å². The van der Waals surface area contributed by atoms with Gasteiger partial charge < -0.3 is 9.15 Å². The zero-order valence-electron chi connectivity index (χ0n) is 18.2. The highest BCUT2D eigenvalue weighted by atomic mass is 32.2. The third-order valence-electron chi connectivity index (χ3n) is 5.80. The molecule has 0 bridgehead atoms. The van der Waals surface area contributed by atoms with Crippen molar-refractivity contribution in [2.45, 2.75) is 57.9 Å². The molecule has 1 saturated carbocycles. The Labute approximate surface area is 198 Å². The van der Waals surface area contributed by atoms with Crippen molar-refractivity contribution in [1.29, 1.82) is 0 Å². The second-order valence-electron chi connectivity index (χ2n) is 8.11. The summed E-state index contributed by atoms with van der Waals surface area (Å²) in [7, 11) is 0. The molecule has 0 radical (unpaired) electrons. The lowest BCUT2D eigenvalue weighted by molar-refractivity contribution is -0.124. The van der Waals surface area contributed by atoms with Crippen LogP contribution in [0, 0.1) is 0 Å². The first-order valence-corrected chi connectivity index (χ1v) is 12.4. The number of hydrogen-bond donors (Lipinski definition) is 0. The Hall–Kier alpha value is -2.38. The third-order valence-corrected chi connectivity index (χ3v) is 7.13. The van der Waals surface area contributed by atoms with E-state index in [9.17, 15) is 9.59 Å². The minimum Gasteiger partial charge on any atom is -0.462 e. The highest BCUT2D eigenvalue weighted by Crippen LogP contribution is 2.37. The fraction of sp³-hybridized carbons (Fsp3) is 0.400. The summed E-state index contributed by atoms with van der Waals surface area (Å²) in [4.78, 5) is 27.4. The third kappa shape index (κ3) is 5.15. The van der Waals surface area contributed by atoms with Gasteiger partial charge >= 0.3 is 5.97 Å². The molecule has 0 N–H and O–H groups in total. The van der Waals surface area contributed by atoms with E-state index in [-0.39, 0.29) is 17.9 Å². The van der Waals surface area contributed by atoms with Gasteiger partial charge in [0.1, 0.15) is 15.8 Å². The monoisotopic (exact) mass is 469 g/mol. The summed E-state index contributed by atoms with van der Waals surface area (Å²) in [6.07, 6.45) is 9.19. The molecule has 1 aromatic carbocycles. The molecule has 5 nitrogen and oxygen atoms in total. The van der Waals surface area contributed by atoms with Crippen LogP contribution in [0.25, 0.3) is 17.4 Å². The van der Waals surface area contributed by atoms with Gasteiger partial charge in [0.05, 0.1) is 17.1 Å². The Morgan fingerprint density at radius 3 is 2.66 bits per heavy atom. The molecule has 1 saturated heterocycles. The van der Waals surface area contributed by atoms with Crippen LogP contribution < -0.4 is 0 Å². The number of esters is 1. The maximum absolute atomic E-state index is 13.0. The van der Waals surface area contributed by atoms with Crippen LogP contribution in [-0.2, 0) is 9.53 Å². The van der Waals surface area contributed by atoms with E-state index in [1.54, 1.807) is 23.1 Å². The minimum absolute atomic E-state index is 0.0178. The topological polar surface area (TPSA) is 59.8 Å². The number of ether oxygens (including phenoxy) is 1. The summed E-state index contributed by atoms with van der Waals surface area (Å²) in [6, 6.07) is 11.1. The van der Waals surface area contributed by atoms with Gasteiger partial charge in [0.25, 0.3) is 5.91 Å². The Kier molecular flexibility index (Phi) is 7.48. The molecule has 1 amide bonds. The van der Waals surface area contributed by atoms with Crippen LogP contribution >= 0.6 is 24.0 Å². The molecule has 4 rings (SSSR count). The predicted octanol–water partition coefficient (Wildman–Crippen LogP) is 6.44. The maximum Gasteiger partial charge on any atom is 0.338 e. The average Bonchev–Trinajstić information content (AvgIpc) is 3.39. The van der Waals surface area contributed by atoms with Gasteiger partial charge in [-0.1, -0.05) is 68.7 Å². The van der Waals surface area contributed by atoms with Crippen molar-refractivity contribution < 1.29 is 18.7 Å². The van der Waals surface area contributed by atoms with Crippen molar-refractivity contribution in [2.75, 3.05) is 6.61 Å². The summed E-state index contributed by atoms with van der Waals surface area (Å²) >= 11 is 6.84. The van der Waals surface area contributed by atoms with Crippen LogP contribution in [0.2, 0.25) is 0 Å². The number of benzene rings is 1. The maximum atomic E-state index is 13.0. The largest absolute Gasteiger partial charge is 0.462 e. The molecule has 2 aromatic rings. The number of hydrogen-bond acceptors (Lipinski definition) is 6. The number of nitrogens with zero attached hydrogens (tertiary/aromatic N) is 1. The molecule has 0 spiro atoms. The molecule has 1 aliphatic heterocycles. The summed E-state index contributed by atoms with van der Waals surface area (Å²) < 4.78 is 11.8. The van der Waals surface area contributed by atoms with E-state index in [1.807, 2.05) is 24.3 Å². The summed E-state index contributed by atoms with van der Waals surface area (Å²) in [5.74, 6) is 0.943. The van der Waals surface area contributed by atoms with Crippen molar-refractivity contribution in [1.82, 2.24) is 4.90 Å². The first kappa shape index (κ1) is 22.8. The molecule has 0 atom stereocenters. The average molecular weight is 470 g/mol. The molecule has 0 unspecified atom stereocenters. The molecule has 2 heterocycles. The Morgan fingerprint density at radius 1 is 1.19 bits per heavy atom. The van der Waals surface area contributed by atoms with Crippen molar-refractivity contribution in [3.05, 3.63) is 52.6 Å². The zero-order chi connectivity index (χ0) is 22.5. The van der Waals surface area contributed by atoms with Crippen LogP contribution in [-0.4, -0.2) is 33.7 Å². The van der Waals surface area contributed by atoms with Crippen LogP contribution in [0.4, 0.5) is 0 Å². The van der Waals surface area contributed by atoms with Gasteiger partial charge in [0.2, 0.25) is 0 Å². The second-order valence-corrected chi connectivity index (χ2v) is 9.79. The van der Waals surface area contributed by atoms with Crippen LogP contribution in [0.1, 0.15) is 68.0 Å². The minimum atomic E-state index is -0.315. The molecule has 2 fully saturated rings. The van der Waals surface area contributed by atoms with Crippen molar-refractivity contribution in [3.63, 3.8) is 0 Å². The molecule has 32 heavy (non-hydrogen) atoms. The molecule has 2 aliphatic rings. The van der Waals surface area contributed by atoms with Gasteiger partial charge in [0, 0.05) is 17.7 Å². The lowest BCUT2D eigenvalue weighted by Gasteiger charge is -2.29. The molecular formula is C25H27NO4S2. The van der Waals surface area contributed by atoms with Gasteiger partial charge in [-0.2, -0.15) is 0 Å². The predicted molar refractivity (Wildman–Crippen MR) is 131 cm³/mol. The van der Waals surface area contributed by atoms with Gasteiger partial charge in [-0.15, -0.1) is 0 Å². The van der Waals surface area contributed by atoms with Gasteiger partial charge in [-0.3, -0.25) is 9.69 Å². The first-order valence-electron chi connectivity index (χ1n) is 11.2. The van der Waals surface area contributed by atoms with E-state index < -0.39 is 0 Å². The molecular weight excluding hydrogens is 442 g/mol. The van der Waals surface area contributed by atoms with Crippen molar-refractivity contribution in [2.24, 2.45) is 0 Å². The fourth-order valence-corrected chi connectivity index (χ4v) is 5.39. The first-order chi connectivity index (χ1) is 15.6. The summed E-state index contributed by atoms with van der Waals surface area (Å²) in [6.45, 7) is 2.49. The quantitative estimate of drug-likeness (QED) is 0.201. The van der Waals surface area contributed by atoms with E-state index in [0.29, 0.717) is 32.9 Å². The van der Waals surface area contributed by atoms with E-state index >= 15 is 0 Å². The smallest absolute Gasteiger partial charge is 0.338 e. The lowest BCUT2D eigenvalue weighted by Crippen LogP contribution is -2.39. The van der Waals surface area contributed by atoms with Crippen LogP contribution in [0.5, 0.6) is 0 Å². The number of carbonyl (C=O) groups is 2. The summed E-state index contributed by atoms with van der Waals surface area (Å²) in [5, 5.41) is 0. The zero-order valence-corrected chi connectivity index (χ0v) is 19.8. The Morgan fingerprint density at radius 2 is 1.94 bits per heavy atom. The SMILES string of the molecule is CCCCOC(=O)c1ccc(-c2ccc(/C=C3/SC(=S)N(C4CCCCC4)C3=O)o2)cc1. The number of amides is 1. The number of thiocarbonyl (C=S) groups is 1. The normalized spacial score (nSPS) is 18.5.